The Hall–Kier alpha value is -0.530. The van der Waals surface area contributed by atoms with E-state index >= 15 is 0 Å². The van der Waals surface area contributed by atoms with Crippen LogP contribution in [0.4, 0.5) is 0 Å². The first-order valence-electron chi connectivity index (χ1n) is 6.27. The highest BCUT2D eigenvalue weighted by atomic mass is 15.3. The van der Waals surface area contributed by atoms with Crippen LogP contribution in [0.3, 0.4) is 0 Å². The summed E-state index contributed by atoms with van der Waals surface area (Å²) in [6.07, 6.45) is 1.10. The smallest absolute Gasteiger partial charge is 0.101 e. The summed E-state index contributed by atoms with van der Waals surface area (Å²) < 4.78 is 0. The molecule has 0 unspecified atom stereocenters. The van der Waals surface area contributed by atoms with Crippen molar-refractivity contribution < 1.29 is 0 Å². The molecule has 0 spiro atoms. The van der Waals surface area contributed by atoms with Gasteiger partial charge in [-0.05, 0) is 47.0 Å². The Bertz CT molecular complexity index is 287. The van der Waals surface area contributed by atoms with Crippen LogP contribution in [0.15, 0.2) is 4.99 Å². The lowest BCUT2D eigenvalue weighted by molar-refractivity contribution is 0.208. The third-order valence-electron chi connectivity index (χ3n) is 2.81. The van der Waals surface area contributed by atoms with Crippen molar-refractivity contribution in [3.05, 3.63) is 0 Å². The molecule has 1 rings (SSSR count). The van der Waals surface area contributed by atoms with E-state index in [1.54, 1.807) is 0 Å². The Balaban J connectivity index is 3.03. The molecule has 1 aliphatic rings. The van der Waals surface area contributed by atoms with E-state index in [0.717, 1.165) is 13.0 Å². The summed E-state index contributed by atoms with van der Waals surface area (Å²) in [5.41, 5.74) is 0.564. The van der Waals surface area contributed by atoms with E-state index in [9.17, 15) is 0 Å². The van der Waals surface area contributed by atoms with Gasteiger partial charge in [-0.1, -0.05) is 13.8 Å². The van der Waals surface area contributed by atoms with Gasteiger partial charge in [0.05, 0.1) is 5.54 Å². The largest absolute Gasteiger partial charge is 0.355 e. The van der Waals surface area contributed by atoms with Crippen molar-refractivity contribution in [2.24, 2.45) is 10.4 Å². The topological polar surface area (TPSA) is 15.6 Å². The zero-order chi connectivity index (χ0) is 12.8. The zero-order valence-corrected chi connectivity index (χ0v) is 12.3. The molecule has 0 atom stereocenters. The lowest BCUT2D eigenvalue weighted by Gasteiger charge is -2.36. The average molecular weight is 224 g/mol. The molecular weight excluding hydrogens is 196 g/mol. The number of aliphatic imine (C=N–C) groups is 1. The maximum Gasteiger partial charge on any atom is 0.101 e. The first kappa shape index (κ1) is 13.5. The Morgan fingerprint density at radius 3 is 1.94 bits per heavy atom. The monoisotopic (exact) mass is 224 g/mol. The predicted octanol–water partition coefficient (Wildman–Crippen LogP) is 3.71. The molecule has 0 aromatic carbocycles. The molecule has 1 aliphatic heterocycles. The van der Waals surface area contributed by atoms with Crippen molar-refractivity contribution in [1.82, 2.24) is 4.90 Å². The number of amidine groups is 1. The van der Waals surface area contributed by atoms with Crippen LogP contribution in [-0.2, 0) is 0 Å². The average Bonchev–Trinajstić information content (AvgIpc) is 2.20. The normalized spacial score (nSPS) is 24.2. The van der Waals surface area contributed by atoms with Gasteiger partial charge < -0.3 is 4.90 Å². The molecule has 0 bridgehead atoms. The number of hydrogen-bond acceptors (Lipinski definition) is 1. The second kappa shape index (κ2) is 3.75. The fourth-order valence-electron chi connectivity index (χ4n) is 2.21. The minimum Gasteiger partial charge on any atom is -0.355 e. The molecule has 1 heterocycles. The van der Waals surface area contributed by atoms with Crippen molar-refractivity contribution in [1.29, 1.82) is 0 Å². The maximum atomic E-state index is 4.89. The zero-order valence-electron chi connectivity index (χ0n) is 12.3. The van der Waals surface area contributed by atoms with E-state index in [-0.39, 0.29) is 11.1 Å². The van der Waals surface area contributed by atoms with Crippen LogP contribution in [0.1, 0.15) is 61.8 Å². The summed E-state index contributed by atoms with van der Waals surface area (Å²) in [6.45, 7) is 19.1. The van der Waals surface area contributed by atoms with Crippen molar-refractivity contribution >= 4 is 5.84 Å². The minimum atomic E-state index is 0.0270. The molecule has 1 saturated heterocycles. The van der Waals surface area contributed by atoms with Gasteiger partial charge in [0.2, 0.25) is 0 Å². The van der Waals surface area contributed by atoms with Crippen LogP contribution in [0.5, 0.6) is 0 Å². The summed E-state index contributed by atoms with van der Waals surface area (Å²) in [5.74, 6) is 1.28. The molecule has 0 N–H and O–H groups in total. The number of hydrogen-bond donors (Lipinski definition) is 0. The Labute approximate surface area is 101 Å². The third-order valence-corrected chi connectivity index (χ3v) is 2.81. The number of nitrogens with zero attached hydrogens (tertiary/aromatic N) is 2. The van der Waals surface area contributed by atoms with Gasteiger partial charge in [-0.2, -0.15) is 0 Å². The van der Waals surface area contributed by atoms with Gasteiger partial charge in [-0.15, -0.1) is 0 Å². The fraction of sp³-hybridized carbons (Fsp3) is 0.929. The van der Waals surface area contributed by atoms with E-state index < -0.39 is 0 Å². The molecule has 0 aromatic heterocycles. The highest BCUT2D eigenvalue weighted by Crippen LogP contribution is 2.36. The second-order valence-electron chi connectivity index (χ2n) is 7.80. The summed E-state index contributed by atoms with van der Waals surface area (Å²) in [5, 5.41) is 0. The van der Waals surface area contributed by atoms with E-state index in [0.29, 0.717) is 5.41 Å². The van der Waals surface area contributed by atoms with Crippen molar-refractivity contribution in [3.8, 4) is 0 Å². The first-order valence-corrected chi connectivity index (χ1v) is 6.27. The van der Waals surface area contributed by atoms with E-state index in [2.05, 4.69) is 60.3 Å². The molecule has 0 aromatic rings. The quantitative estimate of drug-likeness (QED) is 0.612. The van der Waals surface area contributed by atoms with Crippen LogP contribution < -0.4 is 0 Å². The minimum absolute atomic E-state index is 0.0270. The number of likely N-dealkylation sites (tertiary alicyclic amines) is 1. The lowest BCUT2D eigenvalue weighted by atomic mass is 9.92. The molecule has 0 aliphatic carbocycles. The van der Waals surface area contributed by atoms with Gasteiger partial charge in [-0.25, -0.2) is 0 Å². The lowest BCUT2D eigenvalue weighted by Crippen LogP contribution is -2.43. The maximum absolute atomic E-state index is 4.89. The molecule has 1 fully saturated rings. The molecule has 2 heteroatoms. The Morgan fingerprint density at radius 2 is 1.56 bits per heavy atom. The predicted molar refractivity (Wildman–Crippen MR) is 72.0 cm³/mol. The van der Waals surface area contributed by atoms with Crippen LogP contribution in [0.25, 0.3) is 0 Å². The summed E-state index contributed by atoms with van der Waals surface area (Å²) in [7, 11) is 0. The van der Waals surface area contributed by atoms with Crippen LogP contribution in [0.2, 0.25) is 0 Å². The standard InChI is InChI=1S/C14H28N2/c1-12(2,3)15-11-9-14(7,8)10-16(11)13(4,5)6/h9-10H2,1-8H3. The summed E-state index contributed by atoms with van der Waals surface area (Å²) in [4.78, 5) is 7.36. The van der Waals surface area contributed by atoms with Gasteiger partial charge in [0.1, 0.15) is 5.84 Å². The van der Waals surface area contributed by atoms with Gasteiger partial charge in [0.15, 0.2) is 0 Å². The van der Waals surface area contributed by atoms with Crippen molar-refractivity contribution in [3.63, 3.8) is 0 Å². The highest BCUT2D eigenvalue weighted by molar-refractivity contribution is 5.86. The Kier molecular flexibility index (Phi) is 3.17. The Morgan fingerprint density at radius 1 is 1.06 bits per heavy atom. The molecule has 0 amide bonds. The highest BCUT2D eigenvalue weighted by Gasteiger charge is 2.39. The molecule has 2 nitrogen and oxygen atoms in total. The van der Waals surface area contributed by atoms with Crippen LogP contribution in [0, 0.1) is 5.41 Å². The summed E-state index contributed by atoms with van der Waals surface area (Å²) >= 11 is 0. The van der Waals surface area contributed by atoms with E-state index in [1.165, 1.54) is 5.84 Å². The van der Waals surface area contributed by atoms with Crippen molar-refractivity contribution in [2.75, 3.05) is 6.54 Å². The molecule has 0 radical (unpaired) electrons. The van der Waals surface area contributed by atoms with E-state index in [1.807, 2.05) is 0 Å². The van der Waals surface area contributed by atoms with Gasteiger partial charge in [-0.3, -0.25) is 4.99 Å². The van der Waals surface area contributed by atoms with Crippen LogP contribution >= 0.6 is 0 Å². The second-order valence-corrected chi connectivity index (χ2v) is 7.80. The van der Waals surface area contributed by atoms with Crippen LogP contribution in [-0.4, -0.2) is 28.4 Å². The van der Waals surface area contributed by atoms with Gasteiger partial charge in [0.25, 0.3) is 0 Å². The summed E-state index contributed by atoms with van der Waals surface area (Å²) in [6, 6.07) is 0. The number of rotatable bonds is 0. The van der Waals surface area contributed by atoms with Gasteiger partial charge in [0, 0.05) is 18.5 Å². The van der Waals surface area contributed by atoms with Gasteiger partial charge >= 0.3 is 0 Å². The first-order chi connectivity index (χ1) is 6.91. The fourth-order valence-corrected chi connectivity index (χ4v) is 2.21. The molecule has 94 valence electrons. The third kappa shape index (κ3) is 3.50. The molecule has 16 heavy (non-hydrogen) atoms. The SMILES string of the molecule is CC1(C)CC(=NC(C)(C)C)N(C(C)(C)C)C1. The van der Waals surface area contributed by atoms with E-state index in [4.69, 9.17) is 4.99 Å². The van der Waals surface area contributed by atoms with Crippen molar-refractivity contribution in [2.45, 2.75) is 72.9 Å². The molecular formula is C14H28N2. The molecule has 0 saturated carbocycles.